The van der Waals surface area contributed by atoms with Gasteiger partial charge in [0.1, 0.15) is 0 Å². The minimum absolute atomic E-state index is 0.0176. The highest BCUT2D eigenvalue weighted by Gasteiger charge is 2.59. The summed E-state index contributed by atoms with van der Waals surface area (Å²) < 4.78 is 10.8. The van der Waals surface area contributed by atoms with Crippen LogP contribution in [0.5, 0.6) is 0 Å². The fraction of sp³-hybridized carbons (Fsp3) is 0.647. The number of ether oxygens (including phenoxy) is 1. The van der Waals surface area contributed by atoms with E-state index in [1.54, 1.807) is 12.1 Å². The van der Waals surface area contributed by atoms with Crippen LogP contribution in [0.15, 0.2) is 22.8 Å². The van der Waals surface area contributed by atoms with Crippen molar-refractivity contribution in [2.45, 2.75) is 51.2 Å². The van der Waals surface area contributed by atoms with Gasteiger partial charge in [-0.15, -0.1) is 0 Å². The van der Waals surface area contributed by atoms with E-state index in [0.717, 1.165) is 25.9 Å². The number of carbonyl (C=O) groups excluding carboxylic acids is 2. The number of furan rings is 1. The molecule has 0 saturated heterocycles. The van der Waals surface area contributed by atoms with Gasteiger partial charge in [-0.25, -0.2) is 0 Å². The first-order valence-electron chi connectivity index (χ1n) is 8.38. The number of hydrogen-bond acceptors (Lipinski definition) is 4. The average Bonchev–Trinajstić information content (AvgIpc) is 2.98. The van der Waals surface area contributed by atoms with Crippen LogP contribution in [0, 0.1) is 5.41 Å². The minimum atomic E-state index is -0.293. The highest BCUT2D eigenvalue weighted by molar-refractivity contribution is 5.91. The maximum absolute atomic E-state index is 12.1. The molecule has 2 amide bonds. The van der Waals surface area contributed by atoms with Crippen molar-refractivity contribution in [3.05, 3.63) is 24.2 Å². The van der Waals surface area contributed by atoms with Gasteiger partial charge >= 0.3 is 0 Å². The molecule has 6 heteroatoms. The van der Waals surface area contributed by atoms with Gasteiger partial charge in [0.15, 0.2) is 5.76 Å². The Hall–Kier alpha value is -1.82. The summed E-state index contributed by atoms with van der Waals surface area (Å²) in [5, 5.41) is 5.80. The van der Waals surface area contributed by atoms with Gasteiger partial charge in [0, 0.05) is 31.0 Å². The van der Waals surface area contributed by atoms with Gasteiger partial charge in [0.2, 0.25) is 5.91 Å². The molecule has 23 heavy (non-hydrogen) atoms. The van der Waals surface area contributed by atoms with Crippen molar-refractivity contribution in [1.29, 1.82) is 0 Å². The van der Waals surface area contributed by atoms with Crippen molar-refractivity contribution < 1.29 is 18.7 Å². The molecule has 1 heterocycles. The molecule has 2 N–H and O–H groups in total. The first-order valence-corrected chi connectivity index (χ1v) is 8.38. The molecule has 0 aliphatic heterocycles. The molecule has 1 spiro atoms. The lowest BCUT2D eigenvalue weighted by Crippen LogP contribution is -2.67. The molecule has 2 aliphatic carbocycles. The number of hydrogen-bond donors (Lipinski definition) is 2. The lowest BCUT2D eigenvalue weighted by atomic mass is 9.51. The summed E-state index contributed by atoms with van der Waals surface area (Å²) in [6.07, 6.45) is 6.41. The molecule has 0 unspecified atom stereocenters. The predicted octanol–water partition coefficient (Wildman–Crippen LogP) is 1.86. The summed E-state index contributed by atoms with van der Waals surface area (Å²) in [4.78, 5) is 23.8. The molecule has 126 valence electrons. The molecule has 2 saturated carbocycles. The highest BCUT2D eigenvalue weighted by atomic mass is 16.5. The zero-order valence-electron chi connectivity index (χ0n) is 13.5. The van der Waals surface area contributed by atoms with Crippen LogP contribution >= 0.6 is 0 Å². The Balaban J connectivity index is 1.39. The molecule has 0 aromatic carbocycles. The van der Waals surface area contributed by atoms with E-state index in [-0.39, 0.29) is 35.5 Å². The molecule has 6 nitrogen and oxygen atoms in total. The maximum atomic E-state index is 12.1. The third kappa shape index (κ3) is 3.13. The second kappa shape index (κ2) is 6.74. The second-order valence-electron chi connectivity index (χ2n) is 6.37. The van der Waals surface area contributed by atoms with E-state index in [9.17, 15) is 9.59 Å². The van der Waals surface area contributed by atoms with Crippen LogP contribution < -0.4 is 10.6 Å². The molecule has 0 radical (unpaired) electrons. The third-order valence-electron chi connectivity index (χ3n) is 5.16. The van der Waals surface area contributed by atoms with Crippen molar-refractivity contribution in [3.63, 3.8) is 0 Å². The first-order chi connectivity index (χ1) is 11.2. The molecule has 1 aromatic heterocycles. The van der Waals surface area contributed by atoms with Gasteiger partial charge in [0.25, 0.3) is 5.91 Å². The maximum Gasteiger partial charge on any atom is 0.286 e. The standard InChI is InChI=1S/C17H24N2O4/c1-2-22-14-11-13(17(14)7-4-8-17)19-15(20)6-9-18-16(21)12-5-3-10-23-12/h3,5,10,13-14H,2,4,6-9,11H2,1H3,(H,18,21)(H,19,20)/t13-,14+/m0/s1. The lowest BCUT2D eigenvalue weighted by Gasteiger charge is -2.61. The topological polar surface area (TPSA) is 80.6 Å². The quantitative estimate of drug-likeness (QED) is 0.803. The van der Waals surface area contributed by atoms with E-state index >= 15 is 0 Å². The summed E-state index contributed by atoms with van der Waals surface area (Å²) in [6.45, 7) is 3.05. The molecule has 2 aliphatic rings. The highest BCUT2D eigenvalue weighted by Crippen LogP contribution is 2.57. The van der Waals surface area contributed by atoms with Gasteiger partial charge in [-0.2, -0.15) is 0 Å². The number of nitrogens with one attached hydrogen (secondary N) is 2. The number of rotatable bonds is 7. The zero-order valence-corrected chi connectivity index (χ0v) is 13.5. The van der Waals surface area contributed by atoms with Crippen molar-refractivity contribution in [2.24, 2.45) is 5.41 Å². The molecular formula is C17H24N2O4. The molecule has 2 atom stereocenters. The Labute approximate surface area is 135 Å². The summed E-state index contributed by atoms with van der Waals surface area (Å²) in [5.41, 5.74) is 0.170. The Morgan fingerprint density at radius 1 is 1.43 bits per heavy atom. The van der Waals surface area contributed by atoms with Gasteiger partial charge in [0.05, 0.1) is 12.4 Å². The molecule has 3 rings (SSSR count). The fourth-order valence-electron chi connectivity index (χ4n) is 3.69. The van der Waals surface area contributed by atoms with E-state index in [2.05, 4.69) is 10.6 Å². The van der Waals surface area contributed by atoms with Gasteiger partial charge in [-0.05, 0) is 38.3 Å². The van der Waals surface area contributed by atoms with Crippen LogP contribution in [0.4, 0.5) is 0 Å². The first kappa shape index (κ1) is 16.1. The van der Waals surface area contributed by atoms with Crippen molar-refractivity contribution in [2.75, 3.05) is 13.2 Å². The van der Waals surface area contributed by atoms with Gasteiger partial charge in [-0.3, -0.25) is 9.59 Å². The molecular weight excluding hydrogens is 296 g/mol. The van der Waals surface area contributed by atoms with Crippen LogP contribution in [-0.2, 0) is 9.53 Å². The SMILES string of the molecule is CCO[C@@H]1C[C@H](NC(=O)CCNC(=O)c2ccco2)C12CCC2. The molecule has 1 aromatic rings. The van der Waals surface area contributed by atoms with Crippen LogP contribution in [0.25, 0.3) is 0 Å². The van der Waals surface area contributed by atoms with Crippen LogP contribution in [0.3, 0.4) is 0 Å². The third-order valence-corrected chi connectivity index (χ3v) is 5.16. The van der Waals surface area contributed by atoms with Crippen LogP contribution in [0.2, 0.25) is 0 Å². The Morgan fingerprint density at radius 2 is 2.26 bits per heavy atom. The van der Waals surface area contributed by atoms with E-state index in [1.807, 2.05) is 6.92 Å². The summed E-state index contributed by atoms with van der Waals surface area (Å²) in [7, 11) is 0. The largest absolute Gasteiger partial charge is 0.459 e. The van der Waals surface area contributed by atoms with Gasteiger partial charge < -0.3 is 19.8 Å². The fourth-order valence-corrected chi connectivity index (χ4v) is 3.69. The van der Waals surface area contributed by atoms with E-state index in [1.165, 1.54) is 12.7 Å². The lowest BCUT2D eigenvalue weighted by molar-refractivity contribution is -0.175. The Kier molecular flexibility index (Phi) is 4.71. The predicted molar refractivity (Wildman–Crippen MR) is 83.9 cm³/mol. The van der Waals surface area contributed by atoms with E-state index in [0.29, 0.717) is 12.6 Å². The Bertz CT molecular complexity index is 551. The number of amides is 2. The molecule has 0 bridgehead atoms. The summed E-state index contributed by atoms with van der Waals surface area (Å²) >= 11 is 0. The van der Waals surface area contributed by atoms with Gasteiger partial charge in [-0.1, -0.05) is 6.42 Å². The molecule has 2 fully saturated rings. The monoisotopic (exact) mass is 320 g/mol. The van der Waals surface area contributed by atoms with Crippen LogP contribution in [0.1, 0.15) is 49.6 Å². The van der Waals surface area contributed by atoms with E-state index < -0.39 is 0 Å². The normalized spacial score (nSPS) is 24.6. The zero-order chi connectivity index (χ0) is 16.3. The number of carbonyl (C=O) groups is 2. The smallest absolute Gasteiger partial charge is 0.286 e. The Morgan fingerprint density at radius 3 is 2.87 bits per heavy atom. The van der Waals surface area contributed by atoms with Crippen molar-refractivity contribution >= 4 is 11.8 Å². The summed E-state index contributed by atoms with van der Waals surface area (Å²) in [6, 6.07) is 3.48. The summed E-state index contributed by atoms with van der Waals surface area (Å²) in [5.74, 6) is -0.0494. The average molecular weight is 320 g/mol. The second-order valence-corrected chi connectivity index (χ2v) is 6.37. The minimum Gasteiger partial charge on any atom is -0.459 e. The van der Waals surface area contributed by atoms with Crippen molar-refractivity contribution in [1.82, 2.24) is 10.6 Å². The van der Waals surface area contributed by atoms with Crippen molar-refractivity contribution in [3.8, 4) is 0 Å². The van der Waals surface area contributed by atoms with Crippen LogP contribution in [-0.4, -0.2) is 37.1 Å². The van der Waals surface area contributed by atoms with E-state index in [4.69, 9.17) is 9.15 Å².